The topological polar surface area (TPSA) is 54.4 Å². The quantitative estimate of drug-likeness (QED) is 0.413. The van der Waals surface area contributed by atoms with E-state index in [0.717, 1.165) is 6.08 Å². The van der Waals surface area contributed by atoms with Gasteiger partial charge in [-0.25, -0.2) is 8.78 Å². The minimum Gasteiger partial charge on any atom is -0.507 e. The summed E-state index contributed by atoms with van der Waals surface area (Å²) >= 11 is 0. The fourth-order valence-corrected chi connectivity index (χ4v) is 1.66. The molecule has 0 aliphatic rings. The molecular weight excluding hydrogens is 380 g/mol. The van der Waals surface area contributed by atoms with Crippen LogP contribution in [-0.4, -0.2) is 40.9 Å². The molecule has 3 nitrogen and oxygen atoms in total. The SMILES string of the molecule is O=C(C=Cc1ccccc1O)CC(=O)C(F)(F)C(F)(F)C(F)(F)C(F)F. The van der Waals surface area contributed by atoms with Gasteiger partial charge in [0.2, 0.25) is 5.78 Å². The summed E-state index contributed by atoms with van der Waals surface area (Å²) in [5, 5.41) is 9.38. The van der Waals surface area contributed by atoms with Gasteiger partial charge >= 0.3 is 24.2 Å². The van der Waals surface area contributed by atoms with Crippen LogP contribution < -0.4 is 0 Å². The van der Waals surface area contributed by atoms with Gasteiger partial charge in [-0.1, -0.05) is 18.2 Å². The lowest BCUT2D eigenvalue weighted by Crippen LogP contribution is -2.60. The van der Waals surface area contributed by atoms with E-state index in [4.69, 9.17) is 0 Å². The fraction of sp³-hybridized carbons (Fsp3) is 0.333. The summed E-state index contributed by atoms with van der Waals surface area (Å²) < 4.78 is 102. The lowest BCUT2D eigenvalue weighted by molar-refractivity contribution is -0.327. The number of aromatic hydroxyl groups is 1. The first-order valence-corrected chi connectivity index (χ1v) is 6.69. The number of rotatable bonds is 8. The second-order valence-electron chi connectivity index (χ2n) is 5.03. The number of phenolic OH excluding ortho intramolecular Hbond substituents is 1. The number of Topliss-reactive ketones (excluding diaryl/α,β-unsaturated/α-hetero) is 1. The zero-order chi connectivity index (χ0) is 20.3. The predicted molar refractivity (Wildman–Crippen MR) is 72.6 cm³/mol. The number of hydrogen-bond donors (Lipinski definition) is 1. The predicted octanol–water partition coefficient (Wildman–Crippen LogP) is 4.10. The third kappa shape index (κ3) is 4.02. The van der Waals surface area contributed by atoms with E-state index in [2.05, 4.69) is 0 Å². The maximum Gasteiger partial charge on any atom is 0.385 e. The van der Waals surface area contributed by atoms with Crippen LogP contribution in [0.4, 0.5) is 35.1 Å². The Bertz CT molecular complexity index is 713. The summed E-state index contributed by atoms with van der Waals surface area (Å²) in [6.45, 7) is 0. The standard InChI is InChI=1S/C15H10F8O3/c16-12(17)14(20,21)15(22,23)13(18,19)11(26)7-9(24)6-5-8-3-1-2-4-10(8)25/h1-6,12,25H,7H2. The molecule has 1 aromatic rings. The molecule has 0 unspecified atom stereocenters. The van der Waals surface area contributed by atoms with Gasteiger partial charge in [0.05, 0.1) is 6.42 Å². The zero-order valence-electron chi connectivity index (χ0n) is 12.5. The van der Waals surface area contributed by atoms with Crippen LogP contribution in [0.5, 0.6) is 5.75 Å². The normalized spacial score (nSPS) is 13.4. The second-order valence-corrected chi connectivity index (χ2v) is 5.03. The van der Waals surface area contributed by atoms with Crippen LogP contribution in [0, 0.1) is 0 Å². The molecule has 0 aliphatic carbocycles. The highest BCUT2D eigenvalue weighted by Crippen LogP contribution is 2.49. The zero-order valence-corrected chi connectivity index (χ0v) is 12.5. The minimum absolute atomic E-state index is 0.00891. The van der Waals surface area contributed by atoms with Crippen molar-refractivity contribution < 1.29 is 49.8 Å². The molecule has 1 aromatic carbocycles. The Morgan fingerprint density at radius 3 is 2.08 bits per heavy atom. The Morgan fingerprint density at radius 2 is 1.58 bits per heavy atom. The maximum absolute atomic E-state index is 13.3. The van der Waals surface area contributed by atoms with Crippen molar-refractivity contribution in [2.75, 3.05) is 0 Å². The summed E-state index contributed by atoms with van der Waals surface area (Å²) in [4.78, 5) is 22.5. The van der Waals surface area contributed by atoms with Crippen molar-refractivity contribution >= 4 is 17.6 Å². The van der Waals surface area contributed by atoms with Gasteiger partial charge in [-0.15, -0.1) is 0 Å². The van der Waals surface area contributed by atoms with Crippen LogP contribution in [-0.2, 0) is 9.59 Å². The maximum atomic E-state index is 13.3. The third-order valence-electron chi connectivity index (χ3n) is 3.16. The molecule has 0 bridgehead atoms. The van der Waals surface area contributed by atoms with E-state index in [-0.39, 0.29) is 11.3 Å². The first-order chi connectivity index (χ1) is 11.7. The number of ketones is 2. The van der Waals surface area contributed by atoms with Crippen molar-refractivity contribution in [2.24, 2.45) is 0 Å². The third-order valence-corrected chi connectivity index (χ3v) is 3.16. The van der Waals surface area contributed by atoms with Crippen molar-refractivity contribution in [3.8, 4) is 5.75 Å². The highest BCUT2D eigenvalue weighted by molar-refractivity contribution is 6.08. The molecule has 11 heteroatoms. The summed E-state index contributed by atoms with van der Waals surface area (Å²) in [7, 11) is 0. The molecule has 26 heavy (non-hydrogen) atoms. The van der Waals surface area contributed by atoms with Gasteiger partial charge in [-0.3, -0.25) is 9.59 Å². The Balaban J connectivity index is 2.94. The molecular formula is C15H10F8O3. The number of para-hydroxylation sites is 1. The molecule has 0 amide bonds. The van der Waals surface area contributed by atoms with Crippen molar-refractivity contribution in [3.05, 3.63) is 35.9 Å². The number of benzene rings is 1. The van der Waals surface area contributed by atoms with Crippen molar-refractivity contribution in [3.63, 3.8) is 0 Å². The molecule has 0 aliphatic heterocycles. The molecule has 1 N–H and O–H groups in total. The Labute approximate surface area is 140 Å². The summed E-state index contributed by atoms with van der Waals surface area (Å²) in [6, 6.07) is 5.28. The molecule has 0 atom stereocenters. The molecule has 0 heterocycles. The van der Waals surface area contributed by atoms with E-state index in [1.807, 2.05) is 0 Å². The van der Waals surface area contributed by atoms with Gasteiger partial charge in [0.1, 0.15) is 5.75 Å². The van der Waals surface area contributed by atoms with E-state index in [9.17, 15) is 49.8 Å². The van der Waals surface area contributed by atoms with Crippen molar-refractivity contribution in [2.45, 2.75) is 30.6 Å². The van der Waals surface area contributed by atoms with Crippen molar-refractivity contribution in [1.29, 1.82) is 0 Å². The van der Waals surface area contributed by atoms with Crippen molar-refractivity contribution in [1.82, 2.24) is 0 Å². The second kappa shape index (κ2) is 7.42. The summed E-state index contributed by atoms with van der Waals surface area (Å²) in [5.41, 5.74) is 0.00891. The number of allylic oxidation sites excluding steroid dienone is 1. The first-order valence-electron chi connectivity index (χ1n) is 6.69. The Kier molecular flexibility index (Phi) is 6.16. The van der Waals surface area contributed by atoms with Crippen LogP contribution in [0.1, 0.15) is 12.0 Å². The monoisotopic (exact) mass is 390 g/mol. The van der Waals surface area contributed by atoms with Crippen LogP contribution in [0.25, 0.3) is 6.08 Å². The summed E-state index contributed by atoms with van der Waals surface area (Å²) in [6.07, 6.45) is -5.78. The average Bonchev–Trinajstić information content (AvgIpc) is 2.53. The van der Waals surface area contributed by atoms with E-state index >= 15 is 0 Å². The van der Waals surface area contributed by atoms with E-state index in [1.54, 1.807) is 0 Å². The molecule has 0 saturated carbocycles. The molecule has 0 fully saturated rings. The number of hydrogen-bond acceptors (Lipinski definition) is 3. The number of carbonyl (C=O) groups is 2. The van der Waals surface area contributed by atoms with Gasteiger partial charge in [-0.05, 0) is 18.2 Å². The lowest BCUT2D eigenvalue weighted by Gasteiger charge is -2.31. The summed E-state index contributed by atoms with van der Waals surface area (Å²) in [5.74, 6) is -24.2. The highest BCUT2D eigenvalue weighted by atomic mass is 19.4. The molecule has 144 valence electrons. The average molecular weight is 390 g/mol. The van der Waals surface area contributed by atoms with Gasteiger partial charge in [0, 0.05) is 5.56 Å². The largest absolute Gasteiger partial charge is 0.507 e. The van der Waals surface area contributed by atoms with Gasteiger partial charge < -0.3 is 5.11 Å². The molecule has 0 radical (unpaired) electrons. The van der Waals surface area contributed by atoms with E-state index in [1.165, 1.54) is 24.3 Å². The molecule has 0 saturated heterocycles. The van der Waals surface area contributed by atoms with Crippen LogP contribution in [0.15, 0.2) is 30.3 Å². The fourth-order valence-electron chi connectivity index (χ4n) is 1.66. The number of phenols is 1. The Morgan fingerprint density at radius 1 is 1.04 bits per heavy atom. The first kappa shape index (κ1) is 21.6. The van der Waals surface area contributed by atoms with Crippen LogP contribution in [0.3, 0.4) is 0 Å². The molecule has 0 spiro atoms. The van der Waals surface area contributed by atoms with Gasteiger partial charge in [0.15, 0.2) is 5.78 Å². The van der Waals surface area contributed by atoms with E-state index in [0.29, 0.717) is 6.08 Å². The van der Waals surface area contributed by atoms with Gasteiger partial charge in [-0.2, -0.15) is 26.3 Å². The van der Waals surface area contributed by atoms with Crippen LogP contribution >= 0.6 is 0 Å². The lowest BCUT2D eigenvalue weighted by atomic mass is 9.97. The highest BCUT2D eigenvalue weighted by Gasteiger charge is 2.77. The number of alkyl halides is 8. The molecule has 0 aromatic heterocycles. The molecule has 1 rings (SSSR count). The number of carbonyl (C=O) groups excluding carboxylic acids is 2. The van der Waals surface area contributed by atoms with Crippen LogP contribution in [0.2, 0.25) is 0 Å². The minimum atomic E-state index is -6.70. The Hall–Kier alpha value is -2.46. The smallest absolute Gasteiger partial charge is 0.385 e. The van der Waals surface area contributed by atoms with E-state index < -0.39 is 42.2 Å². The van der Waals surface area contributed by atoms with Gasteiger partial charge in [0.25, 0.3) is 0 Å². The number of halogens is 8.